The van der Waals surface area contributed by atoms with Gasteiger partial charge in [-0.1, -0.05) is 31.2 Å². The van der Waals surface area contributed by atoms with Crippen LogP contribution in [0.3, 0.4) is 0 Å². The molecule has 0 atom stereocenters. The number of aryl methyl sites for hydroxylation is 1. The van der Waals surface area contributed by atoms with Gasteiger partial charge in [0.25, 0.3) is 5.91 Å². The van der Waals surface area contributed by atoms with Crippen molar-refractivity contribution in [2.45, 2.75) is 59.8 Å². The summed E-state index contributed by atoms with van der Waals surface area (Å²) in [6.07, 6.45) is 8.65. The average Bonchev–Trinajstić information content (AvgIpc) is 2.82. The number of amides is 1. The fraction of sp³-hybridized carbons (Fsp3) is 0.519. The molecule has 1 heterocycles. The molecular weight excluding hydrogens is 432 g/mol. The molecule has 0 spiro atoms. The lowest BCUT2D eigenvalue weighted by Crippen LogP contribution is -2.39. The predicted molar refractivity (Wildman–Crippen MR) is 134 cm³/mol. The van der Waals surface area contributed by atoms with E-state index in [1.807, 2.05) is 24.8 Å². The van der Waals surface area contributed by atoms with Gasteiger partial charge in [0.1, 0.15) is 5.75 Å². The molecule has 186 valence electrons. The van der Waals surface area contributed by atoms with Crippen molar-refractivity contribution in [3.8, 4) is 5.75 Å². The Balaban J connectivity index is 2.24. The zero-order valence-electron chi connectivity index (χ0n) is 20.9. The molecule has 0 bridgehead atoms. The van der Waals surface area contributed by atoms with Gasteiger partial charge < -0.3 is 19.6 Å². The fourth-order valence-electron chi connectivity index (χ4n) is 3.96. The first-order valence-corrected chi connectivity index (χ1v) is 12.0. The Morgan fingerprint density at radius 3 is 2.65 bits per heavy atom. The summed E-state index contributed by atoms with van der Waals surface area (Å²) in [6.45, 7) is 13.0. The number of phenolic OH excluding ortho intramolecular Hbond substituents is 1. The van der Waals surface area contributed by atoms with Crippen LogP contribution in [0.15, 0.2) is 36.0 Å². The number of carbonyl (C=O) groups is 2. The number of nitrogens with zero attached hydrogens (tertiary/aromatic N) is 2. The van der Waals surface area contributed by atoms with Gasteiger partial charge in [0.05, 0.1) is 17.9 Å². The molecule has 34 heavy (non-hydrogen) atoms. The standard InChI is InChI=1S/C27H38N2O5/c1-6-9-15-33-27(32)26-21(8-3)16-24(30)20(5)23(26)17-22(10-7-2)28-34-18-25(31)29-13-11-19(4)12-14-29/h6-7,10,16,19,30H,1,8-9,11-15,17-18H2,2-5H3/b10-7+,28-22-. The average molecular weight is 471 g/mol. The summed E-state index contributed by atoms with van der Waals surface area (Å²) in [5.74, 6) is 0.237. The summed E-state index contributed by atoms with van der Waals surface area (Å²) in [5, 5.41) is 14.7. The molecule has 0 aromatic heterocycles. The van der Waals surface area contributed by atoms with E-state index >= 15 is 0 Å². The first-order valence-electron chi connectivity index (χ1n) is 12.0. The van der Waals surface area contributed by atoms with Crippen molar-refractivity contribution >= 4 is 17.6 Å². The summed E-state index contributed by atoms with van der Waals surface area (Å²) in [4.78, 5) is 32.7. The Labute approximate surface area is 203 Å². The molecule has 1 aromatic carbocycles. The predicted octanol–water partition coefficient (Wildman–Crippen LogP) is 4.75. The maximum Gasteiger partial charge on any atom is 0.338 e. The fourth-order valence-corrected chi connectivity index (χ4v) is 3.96. The quantitative estimate of drug-likeness (QED) is 0.166. The lowest BCUT2D eigenvalue weighted by molar-refractivity contribution is -0.137. The molecule has 0 radical (unpaired) electrons. The number of carbonyl (C=O) groups excluding carboxylic acids is 2. The number of benzene rings is 1. The normalized spacial score (nSPS) is 14.9. The molecule has 1 saturated heterocycles. The van der Waals surface area contributed by atoms with E-state index in [9.17, 15) is 14.7 Å². The summed E-state index contributed by atoms with van der Waals surface area (Å²) >= 11 is 0. The highest BCUT2D eigenvalue weighted by Gasteiger charge is 2.23. The Kier molecular flexibility index (Phi) is 10.8. The van der Waals surface area contributed by atoms with Crippen molar-refractivity contribution in [1.82, 2.24) is 4.90 Å². The Bertz CT molecular complexity index is 927. The lowest BCUT2D eigenvalue weighted by atomic mass is 9.91. The van der Waals surface area contributed by atoms with Crippen LogP contribution >= 0.6 is 0 Å². The van der Waals surface area contributed by atoms with E-state index in [0.717, 1.165) is 25.9 Å². The molecule has 1 N–H and O–H groups in total. The molecule has 1 fully saturated rings. The van der Waals surface area contributed by atoms with E-state index in [1.54, 1.807) is 25.1 Å². The van der Waals surface area contributed by atoms with Crippen molar-refractivity contribution in [1.29, 1.82) is 0 Å². The molecular formula is C27H38N2O5. The Morgan fingerprint density at radius 1 is 1.32 bits per heavy atom. The lowest BCUT2D eigenvalue weighted by Gasteiger charge is -2.29. The molecule has 0 unspecified atom stereocenters. The number of hydrogen-bond acceptors (Lipinski definition) is 6. The highest BCUT2D eigenvalue weighted by atomic mass is 16.6. The molecule has 1 aromatic rings. The van der Waals surface area contributed by atoms with Crippen LogP contribution in [0.25, 0.3) is 0 Å². The third-order valence-electron chi connectivity index (χ3n) is 6.13. The summed E-state index contributed by atoms with van der Waals surface area (Å²) in [6, 6.07) is 1.62. The first-order chi connectivity index (χ1) is 16.3. The zero-order valence-corrected chi connectivity index (χ0v) is 20.9. The van der Waals surface area contributed by atoms with Gasteiger partial charge in [0, 0.05) is 19.5 Å². The van der Waals surface area contributed by atoms with Crippen molar-refractivity contribution < 1.29 is 24.3 Å². The third-order valence-corrected chi connectivity index (χ3v) is 6.13. The maximum absolute atomic E-state index is 12.9. The van der Waals surface area contributed by atoms with E-state index in [4.69, 9.17) is 9.57 Å². The molecule has 0 aliphatic carbocycles. The monoisotopic (exact) mass is 470 g/mol. The summed E-state index contributed by atoms with van der Waals surface area (Å²) in [7, 11) is 0. The number of aromatic hydroxyl groups is 1. The van der Waals surface area contributed by atoms with E-state index < -0.39 is 5.97 Å². The van der Waals surface area contributed by atoms with E-state index in [1.165, 1.54) is 0 Å². The minimum atomic E-state index is -0.438. The van der Waals surface area contributed by atoms with Crippen LogP contribution in [-0.4, -0.2) is 53.9 Å². The molecule has 1 amide bonds. The molecule has 1 aliphatic heterocycles. The van der Waals surface area contributed by atoms with Crippen molar-refractivity contribution in [2.24, 2.45) is 11.1 Å². The van der Waals surface area contributed by atoms with Gasteiger partial charge in [-0.15, -0.1) is 6.58 Å². The van der Waals surface area contributed by atoms with Gasteiger partial charge in [-0.25, -0.2) is 4.79 Å². The topological polar surface area (TPSA) is 88.4 Å². The van der Waals surface area contributed by atoms with Gasteiger partial charge in [0.2, 0.25) is 0 Å². The minimum Gasteiger partial charge on any atom is -0.508 e. The van der Waals surface area contributed by atoms with E-state index in [-0.39, 0.29) is 31.3 Å². The zero-order chi connectivity index (χ0) is 25.1. The Morgan fingerprint density at radius 2 is 2.03 bits per heavy atom. The van der Waals surface area contributed by atoms with Crippen LogP contribution in [0, 0.1) is 12.8 Å². The number of likely N-dealkylation sites (tertiary alicyclic amines) is 1. The number of allylic oxidation sites excluding steroid dienone is 2. The first kappa shape index (κ1) is 27.2. The molecule has 1 aliphatic rings. The van der Waals surface area contributed by atoms with Crippen LogP contribution in [0.2, 0.25) is 0 Å². The van der Waals surface area contributed by atoms with Crippen molar-refractivity contribution in [3.05, 3.63) is 53.1 Å². The van der Waals surface area contributed by atoms with Crippen LogP contribution in [0.1, 0.15) is 67.1 Å². The molecule has 2 rings (SSSR count). The van der Waals surface area contributed by atoms with E-state index in [2.05, 4.69) is 18.7 Å². The van der Waals surface area contributed by atoms with Crippen LogP contribution in [-0.2, 0) is 27.2 Å². The highest BCUT2D eigenvalue weighted by molar-refractivity contribution is 6.00. The maximum atomic E-state index is 12.9. The summed E-state index contributed by atoms with van der Waals surface area (Å²) in [5.41, 5.74) is 2.91. The van der Waals surface area contributed by atoms with Gasteiger partial charge >= 0.3 is 5.97 Å². The second-order valence-corrected chi connectivity index (χ2v) is 8.70. The number of piperidine rings is 1. The molecule has 7 nitrogen and oxygen atoms in total. The number of hydrogen-bond donors (Lipinski definition) is 1. The van der Waals surface area contributed by atoms with Crippen molar-refractivity contribution in [2.75, 3.05) is 26.3 Å². The smallest absolute Gasteiger partial charge is 0.338 e. The minimum absolute atomic E-state index is 0.0798. The van der Waals surface area contributed by atoms with Gasteiger partial charge in [-0.2, -0.15) is 0 Å². The van der Waals surface area contributed by atoms with Gasteiger partial charge in [-0.3, -0.25) is 4.79 Å². The summed E-state index contributed by atoms with van der Waals surface area (Å²) < 4.78 is 5.44. The van der Waals surface area contributed by atoms with Crippen LogP contribution in [0.5, 0.6) is 5.75 Å². The van der Waals surface area contributed by atoms with Gasteiger partial charge in [0.15, 0.2) is 6.61 Å². The second-order valence-electron chi connectivity index (χ2n) is 8.70. The van der Waals surface area contributed by atoms with Crippen LogP contribution in [0.4, 0.5) is 0 Å². The number of esters is 1. The number of oxime groups is 1. The Hall–Kier alpha value is -3.09. The van der Waals surface area contributed by atoms with Gasteiger partial charge in [-0.05, 0) is 74.3 Å². The third kappa shape index (κ3) is 7.47. The van der Waals surface area contributed by atoms with E-state index in [0.29, 0.717) is 46.7 Å². The molecule has 0 saturated carbocycles. The SMILES string of the molecule is C=CCCOC(=O)c1c(CC)cc(O)c(C)c1CC(/C=C/C)=N\OCC(=O)N1CCC(C)CC1. The van der Waals surface area contributed by atoms with Crippen LogP contribution < -0.4 is 0 Å². The molecule has 7 heteroatoms. The second kappa shape index (κ2) is 13.6. The highest BCUT2D eigenvalue weighted by Crippen LogP contribution is 2.30. The number of phenols is 1. The largest absolute Gasteiger partial charge is 0.508 e. The van der Waals surface area contributed by atoms with Crippen molar-refractivity contribution in [3.63, 3.8) is 0 Å². The number of ether oxygens (including phenoxy) is 1. The number of rotatable bonds is 11.